The Hall–Kier alpha value is -0.0800. The first kappa shape index (κ1) is 18.9. The summed E-state index contributed by atoms with van der Waals surface area (Å²) in [6.45, 7) is 7.61. The second kappa shape index (κ2) is 17.9. The van der Waals surface area contributed by atoms with Crippen molar-refractivity contribution in [3.8, 4) is 0 Å². The summed E-state index contributed by atoms with van der Waals surface area (Å²) >= 11 is 0. The van der Waals surface area contributed by atoms with Gasteiger partial charge in [-0.25, -0.2) is 9.78 Å². The minimum atomic E-state index is 0.758. The topological polar surface area (TPSA) is 18.5 Å². The Kier molecular flexibility index (Phi) is 17.8. The van der Waals surface area contributed by atoms with Crippen molar-refractivity contribution >= 4 is 0 Å². The highest BCUT2D eigenvalue weighted by Gasteiger charge is 1.94. The lowest BCUT2D eigenvalue weighted by atomic mass is 10.1. The van der Waals surface area contributed by atoms with Crippen LogP contribution < -0.4 is 0 Å². The van der Waals surface area contributed by atoms with Crippen LogP contribution in [0.5, 0.6) is 0 Å². The van der Waals surface area contributed by atoms with Gasteiger partial charge >= 0.3 is 0 Å². The SMILES string of the molecule is [CH2]CCCCCCCCCOOCCCCCCC. The van der Waals surface area contributed by atoms with Crippen LogP contribution in [0.1, 0.15) is 90.4 Å². The van der Waals surface area contributed by atoms with Gasteiger partial charge in [-0.1, -0.05) is 84.5 Å². The lowest BCUT2D eigenvalue weighted by Gasteiger charge is -2.04. The van der Waals surface area contributed by atoms with Gasteiger partial charge in [0, 0.05) is 0 Å². The Labute approximate surface area is 121 Å². The summed E-state index contributed by atoms with van der Waals surface area (Å²) in [5, 5.41) is 0. The normalized spacial score (nSPS) is 11.1. The van der Waals surface area contributed by atoms with E-state index in [2.05, 4.69) is 13.8 Å². The van der Waals surface area contributed by atoms with E-state index in [0.29, 0.717) is 0 Å². The molecule has 115 valence electrons. The molecule has 0 fully saturated rings. The van der Waals surface area contributed by atoms with E-state index >= 15 is 0 Å². The molecular weight excluding hydrogens is 236 g/mol. The average Bonchev–Trinajstić information content (AvgIpc) is 2.43. The molecule has 0 saturated heterocycles. The van der Waals surface area contributed by atoms with Crippen molar-refractivity contribution in [2.45, 2.75) is 90.4 Å². The Balaban J connectivity index is 2.88. The number of hydrogen-bond donors (Lipinski definition) is 0. The maximum Gasteiger partial charge on any atom is 0.0822 e. The molecular formula is C17H35O2. The Morgan fingerprint density at radius 3 is 1.47 bits per heavy atom. The van der Waals surface area contributed by atoms with Crippen molar-refractivity contribution in [1.82, 2.24) is 0 Å². The molecule has 2 heteroatoms. The average molecular weight is 271 g/mol. The maximum absolute atomic E-state index is 5.18. The van der Waals surface area contributed by atoms with Gasteiger partial charge in [0.15, 0.2) is 0 Å². The summed E-state index contributed by atoms with van der Waals surface area (Å²) in [6.07, 6.45) is 16.5. The first-order valence-electron chi connectivity index (χ1n) is 8.45. The van der Waals surface area contributed by atoms with Crippen LogP contribution in [0.25, 0.3) is 0 Å². The van der Waals surface area contributed by atoms with Gasteiger partial charge < -0.3 is 0 Å². The lowest BCUT2D eigenvalue weighted by molar-refractivity contribution is -0.295. The largest absolute Gasteiger partial charge is 0.237 e. The molecule has 0 spiro atoms. The molecule has 0 aliphatic rings. The van der Waals surface area contributed by atoms with Gasteiger partial charge in [0.1, 0.15) is 0 Å². The van der Waals surface area contributed by atoms with Gasteiger partial charge in [0.2, 0.25) is 0 Å². The quantitative estimate of drug-likeness (QED) is 0.199. The fourth-order valence-electron chi connectivity index (χ4n) is 2.10. The molecule has 0 saturated carbocycles. The molecule has 0 aliphatic carbocycles. The number of rotatable bonds is 16. The van der Waals surface area contributed by atoms with Crippen LogP contribution in [0.4, 0.5) is 0 Å². The zero-order chi connectivity index (χ0) is 14.0. The van der Waals surface area contributed by atoms with E-state index in [1.54, 1.807) is 0 Å². The standard InChI is InChI=1S/C17H35O2/c1-3-5-7-9-10-11-13-15-17-19-18-16-14-12-8-6-4-2/h1,3-17H2,2H3. The van der Waals surface area contributed by atoms with Crippen LogP contribution in [0.3, 0.4) is 0 Å². The van der Waals surface area contributed by atoms with Crippen molar-refractivity contribution in [3.63, 3.8) is 0 Å². The smallest absolute Gasteiger partial charge is 0.0822 e. The molecule has 0 aromatic heterocycles. The zero-order valence-electron chi connectivity index (χ0n) is 13.1. The predicted octanol–water partition coefficient (Wildman–Crippen LogP) is 5.86. The van der Waals surface area contributed by atoms with Gasteiger partial charge in [0.25, 0.3) is 0 Å². The third-order valence-electron chi connectivity index (χ3n) is 3.39. The Bertz CT molecular complexity index is 132. The van der Waals surface area contributed by atoms with Crippen LogP contribution in [-0.2, 0) is 9.78 Å². The number of hydrogen-bond acceptors (Lipinski definition) is 2. The van der Waals surface area contributed by atoms with E-state index in [0.717, 1.165) is 32.5 Å². The summed E-state index contributed by atoms with van der Waals surface area (Å²) in [7, 11) is 0. The Morgan fingerprint density at radius 1 is 0.579 bits per heavy atom. The number of unbranched alkanes of at least 4 members (excludes halogenated alkanes) is 11. The first-order valence-corrected chi connectivity index (χ1v) is 8.45. The second-order valence-electron chi connectivity index (χ2n) is 5.39. The van der Waals surface area contributed by atoms with E-state index in [1.807, 2.05) is 0 Å². The van der Waals surface area contributed by atoms with Crippen LogP contribution in [0.15, 0.2) is 0 Å². The molecule has 0 N–H and O–H groups in total. The van der Waals surface area contributed by atoms with Crippen LogP contribution in [0.2, 0.25) is 0 Å². The van der Waals surface area contributed by atoms with Gasteiger partial charge in [-0.05, 0) is 12.8 Å². The van der Waals surface area contributed by atoms with Crippen LogP contribution >= 0.6 is 0 Å². The summed E-state index contributed by atoms with van der Waals surface area (Å²) in [5.74, 6) is 0. The third kappa shape index (κ3) is 17.9. The van der Waals surface area contributed by atoms with Crippen molar-refractivity contribution in [3.05, 3.63) is 6.92 Å². The molecule has 19 heavy (non-hydrogen) atoms. The maximum atomic E-state index is 5.18. The molecule has 0 heterocycles. The first-order chi connectivity index (χ1) is 9.41. The molecule has 0 amide bonds. The molecule has 2 nitrogen and oxygen atoms in total. The summed E-state index contributed by atoms with van der Waals surface area (Å²) < 4.78 is 0. The van der Waals surface area contributed by atoms with Gasteiger partial charge in [-0.3, -0.25) is 0 Å². The predicted molar refractivity (Wildman–Crippen MR) is 83.0 cm³/mol. The minimum absolute atomic E-state index is 0.758. The van der Waals surface area contributed by atoms with Gasteiger partial charge in [-0.2, -0.15) is 0 Å². The third-order valence-corrected chi connectivity index (χ3v) is 3.39. The molecule has 0 bridgehead atoms. The summed E-state index contributed by atoms with van der Waals surface area (Å²) in [6, 6.07) is 0. The molecule has 0 aliphatic heterocycles. The molecule has 0 aromatic carbocycles. The molecule has 0 atom stereocenters. The van der Waals surface area contributed by atoms with Crippen molar-refractivity contribution in [2.75, 3.05) is 13.2 Å². The van der Waals surface area contributed by atoms with Crippen molar-refractivity contribution < 1.29 is 9.78 Å². The van der Waals surface area contributed by atoms with E-state index in [-0.39, 0.29) is 0 Å². The highest BCUT2D eigenvalue weighted by atomic mass is 17.2. The van der Waals surface area contributed by atoms with E-state index in [9.17, 15) is 0 Å². The van der Waals surface area contributed by atoms with E-state index in [1.165, 1.54) is 64.2 Å². The summed E-state index contributed by atoms with van der Waals surface area (Å²) in [4.78, 5) is 10.3. The molecule has 1 radical (unpaired) electrons. The highest BCUT2D eigenvalue weighted by molar-refractivity contribution is 4.47. The highest BCUT2D eigenvalue weighted by Crippen LogP contribution is 2.08. The fourth-order valence-corrected chi connectivity index (χ4v) is 2.10. The molecule has 0 aromatic rings. The van der Waals surface area contributed by atoms with E-state index < -0.39 is 0 Å². The lowest BCUT2D eigenvalue weighted by Crippen LogP contribution is -1.99. The zero-order valence-corrected chi connectivity index (χ0v) is 13.1. The van der Waals surface area contributed by atoms with Crippen LogP contribution in [0, 0.1) is 6.92 Å². The monoisotopic (exact) mass is 271 g/mol. The van der Waals surface area contributed by atoms with Gasteiger partial charge in [0.05, 0.1) is 13.2 Å². The van der Waals surface area contributed by atoms with Gasteiger partial charge in [-0.15, -0.1) is 0 Å². The molecule has 0 unspecified atom stereocenters. The Morgan fingerprint density at radius 2 is 1.00 bits per heavy atom. The van der Waals surface area contributed by atoms with Crippen LogP contribution in [-0.4, -0.2) is 13.2 Å². The van der Waals surface area contributed by atoms with Crippen molar-refractivity contribution in [2.24, 2.45) is 0 Å². The fraction of sp³-hybridized carbons (Fsp3) is 0.941. The minimum Gasteiger partial charge on any atom is -0.237 e. The molecule has 0 rings (SSSR count). The van der Waals surface area contributed by atoms with E-state index in [4.69, 9.17) is 9.78 Å². The second-order valence-corrected chi connectivity index (χ2v) is 5.39. The van der Waals surface area contributed by atoms with Crippen molar-refractivity contribution in [1.29, 1.82) is 0 Å². The summed E-state index contributed by atoms with van der Waals surface area (Å²) in [5.41, 5.74) is 0.